The second kappa shape index (κ2) is 11.2. The number of esters is 2. The number of hydrogen-bond acceptors (Lipinski definition) is 8. The number of carbonyl (C=O) groups excluding carboxylic acids is 3. The van der Waals surface area contributed by atoms with E-state index in [0.717, 1.165) is 11.8 Å². The Kier molecular flexibility index (Phi) is 8.14. The molecule has 11 heteroatoms. The number of allylic oxidation sites excluding steroid dienone is 1. The minimum Gasteiger partial charge on any atom is -0.465 e. The molecular formula is C23H21FN4O5S. The number of carbonyl (C=O) groups is 3. The molecule has 0 aliphatic carbocycles. The number of rotatable bonds is 9. The van der Waals surface area contributed by atoms with Crippen LogP contribution >= 0.6 is 11.8 Å². The number of hydrogen-bond donors (Lipinski definition) is 1. The molecule has 1 amide bonds. The van der Waals surface area contributed by atoms with Crippen LogP contribution in [0.5, 0.6) is 0 Å². The zero-order chi connectivity index (χ0) is 24.7. The summed E-state index contributed by atoms with van der Waals surface area (Å²) in [4.78, 5) is 36.4. The van der Waals surface area contributed by atoms with Gasteiger partial charge in [0, 0.05) is 17.8 Å². The number of ether oxygens (including phenoxy) is 2. The van der Waals surface area contributed by atoms with Crippen molar-refractivity contribution in [3.8, 4) is 11.4 Å². The van der Waals surface area contributed by atoms with Gasteiger partial charge < -0.3 is 14.8 Å². The maximum Gasteiger partial charge on any atom is 0.337 e. The summed E-state index contributed by atoms with van der Waals surface area (Å²) in [6, 6.07) is 9.94. The van der Waals surface area contributed by atoms with Crippen LogP contribution in [-0.2, 0) is 20.8 Å². The highest BCUT2D eigenvalue weighted by Gasteiger charge is 2.17. The van der Waals surface area contributed by atoms with Crippen LogP contribution < -0.4 is 5.32 Å². The van der Waals surface area contributed by atoms with E-state index in [0.29, 0.717) is 23.1 Å². The van der Waals surface area contributed by atoms with Crippen molar-refractivity contribution in [2.75, 3.05) is 25.3 Å². The maximum atomic E-state index is 13.3. The van der Waals surface area contributed by atoms with Gasteiger partial charge in [0.25, 0.3) is 0 Å². The summed E-state index contributed by atoms with van der Waals surface area (Å²) in [5.74, 6) is -1.62. The molecule has 2 aromatic carbocycles. The van der Waals surface area contributed by atoms with Crippen LogP contribution in [-0.4, -0.2) is 52.6 Å². The third-order valence-corrected chi connectivity index (χ3v) is 5.49. The van der Waals surface area contributed by atoms with Gasteiger partial charge in [0.15, 0.2) is 11.0 Å². The van der Waals surface area contributed by atoms with Crippen molar-refractivity contribution in [3.05, 3.63) is 72.1 Å². The molecule has 9 nitrogen and oxygen atoms in total. The van der Waals surface area contributed by atoms with Crippen LogP contribution in [0.3, 0.4) is 0 Å². The van der Waals surface area contributed by atoms with E-state index < -0.39 is 17.8 Å². The van der Waals surface area contributed by atoms with Crippen molar-refractivity contribution in [1.29, 1.82) is 0 Å². The number of anilines is 1. The van der Waals surface area contributed by atoms with Crippen molar-refractivity contribution in [2.24, 2.45) is 0 Å². The quantitative estimate of drug-likeness (QED) is 0.279. The minimum atomic E-state index is -0.665. The van der Waals surface area contributed by atoms with E-state index in [1.165, 1.54) is 44.6 Å². The summed E-state index contributed by atoms with van der Waals surface area (Å²) in [6.45, 7) is 4.12. The number of amides is 1. The Bertz CT molecular complexity index is 1190. The maximum absolute atomic E-state index is 13.3. The van der Waals surface area contributed by atoms with Crippen LogP contribution in [0.4, 0.5) is 10.1 Å². The van der Waals surface area contributed by atoms with Crippen LogP contribution in [0, 0.1) is 5.82 Å². The molecule has 0 bridgehead atoms. The van der Waals surface area contributed by atoms with E-state index in [1.807, 2.05) is 0 Å². The van der Waals surface area contributed by atoms with E-state index in [-0.39, 0.29) is 28.4 Å². The Morgan fingerprint density at radius 1 is 1.06 bits per heavy atom. The number of nitrogens with one attached hydrogen (secondary N) is 1. The summed E-state index contributed by atoms with van der Waals surface area (Å²) in [5.41, 5.74) is 1.07. The lowest BCUT2D eigenvalue weighted by Gasteiger charge is -2.10. The highest BCUT2D eigenvalue weighted by atomic mass is 32.2. The van der Waals surface area contributed by atoms with Gasteiger partial charge in [0.1, 0.15) is 5.82 Å². The molecule has 34 heavy (non-hydrogen) atoms. The highest BCUT2D eigenvalue weighted by Crippen LogP contribution is 2.25. The van der Waals surface area contributed by atoms with E-state index in [1.54, 1.807) is 22.8 Å². The minimum absolute atomic E-state index is 0.0330. The molecule has 0 saturated heterocycles. The van der Waals surface area contributed by atoms with E-state index in [9.17, 15) is 18.8 Å². The molecule has 0 saturated carbocycles. The standard InChI is InChI=1S/C23H21FN4O5S/c1-4-9-28-20(14-5-7-17(24)8-6-14)26-27-23(28)34-13-19(29)25-18-11-15(21(30)32-2)10-16(12-18)22(31)33-3/h4-8,10-12H,1,9,13H2,2-3H3,(H,25,29). The highest BCUT2D eigenvalue weighted by molar-refractivity contribution is 7.99. The van der Waals surface area contributed by atoms with Crippen molar-refractivity contribution >= 4 is 35.3 Å². The molecule has 0 atom stereocenters. The van der Waals surface area contributed by atoms with E-state index in [2.05, 4.69) is 22.1 Å². The van der Waals surface area contributed by atoms with Gasteiger partial charge in [-0.1, -0.05) is 17.8 Å². The normalized spacial score (nSPS) is 10.4. The van der Waals surface area contributed by atoms with Gasteiger partial charge in [-0.25, -0.2) is 14.0 Å². The first-order valence-electron chi connectivity index (χ1n) is 9.90. The molecule has 0 spiro atoms. The molecule has 3 aromatic rings. The Morgan fingerprint density at radius 3 is 2.24 bits per heavy atom. The number of nitrogens with zero attached hydrogens (tertiary/aromatic N) is 3. The summed E-state index contributed by atoms with van der Waals surface area (Å²) >= 11 is 1.14. The molecule has 1 N–H and O–H groups in total. The zero-order valence-electron chi connectivity index (χ0n) is 18.4. The fraction of sp³-hybridized carbons (Fsp3) is 0.174. The lowest BCUT2D eigenvalue weighted by Crippen LogP contribution is -2.16. The molecule has 0 unspecified atom stereocenters. The number of thioether (sulfide) groups is 1. The van der Waals surface area contributed by atoms with Crippen LogP contribution in [0.25, 0.3) is 11.4 Å². The second-order valence-corrected chi connectivity index (χ2v) is 7.77. The van der Waals surface area contributed by atoms with E-state index in [4.69, 9.17) is 9.47 Å². The van der Waals surface area contributed by atoms with Gasteiger partial charge in [-0.15, -0.1) is 16.8 Å². The second-order valence-electron chi connectivity index (χ2n) is 6.83. The first-order chi connectivity index (χ1) is 16.4. The Hall–Kier alpha value is -3.99. The molecule has 0 aliphatic rings. The van der Waals surface area contributed by atoms with Gasteiger partial charge in [-0.3, -0.25) is 9.36 Å². The third kappa shape index (κ3) is 5.87. The first kappa shape index (κ1) is 24.6. The molecule has 1 aromatic heterocycles. The lowest BCUT2D eigenvalue weighted by molar-refractivity contribution is -0.113. The molecule has 1 heterocycles. The van der Waals surface area contributed by atoms with Gasteiger partial charge in [-0.2, -0.15) is 0 Å². The van der Waals surface area contributed by atoms with Crippen LogP contribution in [0.15, 0.2) is 60.3 Å². The zero-order valence-corrected chi connectivity index (χ0v) is 19.2. The molecular weight excluding hydrogens is 463 g/mol. The predicted molar refractivity (Wildman–Crippen MR) is 124 cm³/mol. The topological polar surface area (TPSA) is 112 Å². The average molecular weight is 485 g/mol. The molecule has 0 radical (unpaired) electrons. The Labute approximate surface area is 199 Å². The van der Waals surface area contributed by atoms with E-state index >= 15 is 0 Å². The fourth-order valence-corrected chi connectivity index (χ4v) is 3.75. The molecule has 0 aliphatic heterocycles. The first-order valence-corrected chi connectivity index (χ1v) is 10.9. The van der Waals surface area contributed by atoms with Gasteiger partial charge in [0.05, 0.1) is 31.1 Å². The summed E-state index contributed by atoms with van der Waals surface area (Å²) in [5, 5.41) is 11.4. The van der Waals surface area contributed by atoms with Crippen molar-refractivity contribution in [2.45, 2.75) is 11.7 Å². The fourth-order valence-electron chi connectivity index (χ4n) is 3.00. The number of halogens is 1. The lowest BCUT2D eigenvalue weighted by atomic mass is 10.1. The summed E-state index contributed by atoms with van der Waals surface area (Å²) in [7, 11) is 2.42. The summed E-state index contributed by atoms with van der Waals surface area (Å²) < 4.78 is 24.4. The number of aromatic nitrogens is 3. The predicted octanol–water partition coefficient (Wildman–Crippen LogP) is 3.57. The smallest absolute Gasteiger partial charge is 0.337 e. The Balaban J connectivity index is 1.76. The Morgan fingerprint density at radius 2 is 1.68 bits per heavy atom. The monoisotopic (exact) mass is 484 g/mol. The largest absolute Gasteiger partial charge is 0.465 e. The SMILES string of the molecule is C=CCn1c(SCC(=O)Nc2cc(C(=O)OC)cc(C(=O)OC)c2)nnc1-c1ccc(F)cc1. The van der Waals surface area contributed by atoms with Crippen LogP contribution in [0.1, 0.15) is 20.7 Å². The van der Waals surface area contributed by atoms with Gasteiger partial charge in [0.2, 0.25) is 5.91 Å². The van der Waals surface area contributed by atoms with Crippen molar-refractivity contribution in [1.82, 2.24) is 14.8 Å². The van der Waals surface area contributed by atoms with Gasteiger partial charge >= 0.3 is 11.9 Å². The number of methoxy groups -OCH3 is 2. The van der Waals surface area contributed by atoms with Crippen molar-refractivity contribution < 1.29 is 28.2 Å². The number of benzene rings is 2. The van der Waals surface area contributed by atoms with Crippen molar-refractivity contribution in [3.63, 3.8) is 0 Å². The molecule has 3 rings (SSSR count). The molecule has 0 fully saturated rings. The van der Waals surface area contributed by atoms with Crippen LogP contribution in [0.2, 0.25) is 0 Å². The summed E-state index contributed by atoms with van der Waals surface area (Å²) in [6.07, 6.45) is 1.66. The average Bonchev–Trinajstić information content (AvgIpc) is 3.24. The molecule has 176 valence electrons. The van der Waals surface area contributed by atoms with Gasteiger partial charge in [-0.05, 0) is 42.5 Å². The third-order valence-electron chi connectivity index (χ3n) is 4.52.